The molecule has 2 aromatic rings. The van der Waals surface area contributed by atoms with Gasteiger partial charge in [-0.1, -0.05) is 18.2 Å². The maximum atomic E-state index is 12.0. The van der Waals surface area contributed by atoms with Gasteiger partial charge in [-0.2, -0.15) is 0 Å². The van der Waals surface area contributed by atoms with Crippen LogP contribution in [0.3, 0.4) is 0 Å². The molecule has 0 spiro atoms. The minimum absolute atomic E-state index is 0.0229. The Kier molecular flexibility index (Phi) is 5.49. The van der Waals surface area contributed by atoms with Crippen LogP contribution < -0.4 is 11.3 Å². The molecular weight excluding hydrogens is 368 g/mol. The molecule has 1 amide bonds. The van der Waals surface area contributed by atoms with Gasteiger partial charge in [0.05, 0.1) is 6.04 Å². The Morgan fingerprint density at radius 1 is 1.31 bits per heavy atom. The number of hydrogen-bond acceptors (Lipinski definition) is 5. The van der Waals surface area contributed by atoms with Crippen molar-refractivity contribution in [2.45, 2.75) is 32.2 Å². The van der Waals surface area contributed by atoms with E-state index in [4.69, 9.17) is 15.5 Å². The number of nitrogens with zero attached hydrogens (tertiary/aromatic N) is 2. The first-order valence-electron chi connectivity index (χ1n) is 10.0. The minimum Gasteiger partial charge on any atom is -0.398 e. The lowest BCUT2D eigenvalue weighted by Crippen LogP contribution is -2.40. The van der Waals surface area contributed by atoms with Crippen LogP contribution in [0.15, 0.2) is 45.8 Å². The van der Waals surface area contributed by atoms with Crippen LogP contribution in [0.5, 0.6) is 0 Å². The summed E-state index contributed by atoms with van der Waals surface area (Å²) in [6, 6.07) is 7.57. The number of aliphatic imine (C=N–C) groups is 1. The van der Waals surface area contributed by atoms with Crippen LogP contribution in [0.4, 0.5) is 0 Å². The summed E-state index contributed by atoms with van der Waals surface area (Å²) in [6.45, 7) is 4.10. The SMILES string of the molecule is CC(=O)N1CCC(=NC2CCOCC2)C(=C(N)c2cccc3c[nH]c(=O)cc23)C1. The minimum atomic E-state index is -0.173. The number of nitrogens with two attached hydrogens (primary N) is 1. The molecule has 7 heteroatoms. The van der Waals surface area contributed by atoms with Crippen molar-refractivity contribution in [2.75, 3.05) is 26.3 Å². The number of fused-ring (bicyclic) bond motifs is 1. The van der Waals surface area contributed by atoms with Crippen molar-refractivity contribution in [3.63, 3.8) is 0 Å². The highest BCUT2D eigenvalue weighted by atomic mass is 16.5. The van der Waals surface area contributed by atoms with Gasteiger partial charge in [0.15, 0.2) is 0 Å². The molecule has 152 valence electrons. The van der Waals surface area contributed by atoms with E-state index in [0.29, 0.717) is 25.2 Å². The van der Waals surface area contributed by atoms with Gasteiger partial charge in [0.1, 0.15) is 0 Å². The predicted molar refractivity (Wildman–Crippen MR) is 114 cm³/mol. The van der Waals surface area contributed by atoms with Crippen LogP contribution in [0.25, 0.3) is 16.5 Å². The van der Waals surface area contributed by atoms with Crippen molar-refractivity contribution >= 4 is 28.1 Å². The molecule has 0 aliphatic carbocycles. The maximum Gasteiger partial charge on any atom is 0.248 e. The van der Waals surface area contributed by atoms with Crippen molar-refractivity contribution in [1.29, 1.82) is 0 Å². The number of nitrogens with one attached hydrogen (secondary N) is 1. The van der Waals surface area contributed by atoms with E-state index in [1.807, 2.05) is 18.2 Å². The van der Waals surface area contributed by atoms with E-state index >= 15 is 0 Å². The summed E-state index contributed by atoms with van der Waals surface area (Å²) in [6.07, 6.45) is 4.17. The zero-order valence-electron chi connectivity index (χ0n) is 16.6. The Morgan fingerprint density at radius 2 is 2.10 bits per heavy atom. The van der Waals surface area contributed by atoms with E-state index in [0.717, 1.165) is 53.7 Å². The van der Waals surface area contributed by atoms with Crippen LogP contribution in [-0.2, 0) is 9.53 Å². The molecule has 7 nitrogen and oxygen atoms in total. The maximum absolute atomic E-state index is 12.0. The average molecular weight is 394 g/mol. The topological polar surface area (TPSA) is 101 Å². The van der Waals surface area contributed by atoms with Crippen molar-refractivity contribution in [1.82, 2.24) is 9.88 Å². The molecule has 2 saturated heterocycles. The zero-order chi connectivity index (χ0) is 20.4. The fraction of sp³-hybridized carbons (Fsp3) is 0.409. The summed E-state index contributed by atoms with van der Waals surface area (Å²) in [5.41, 5.74) is 9.72. The fourth-order valence-electron chi connectivity index (χ4n) is 4.03. The molecule has 2 aliphatic rings. The quantitative estimate of drug-likeness (QED) is 0.814. The van der Waals surface area contributed by atoms with Crippen molar-refractivity contribution < 1.29 is 9.53 Å². The molecule has 0 atom stereocenters. The smallest absolute Gasteiger partial charge is 0.248 e. The Morgan fingerprint density at radius 3 is 2.86 bits per heavy atom. The van der Waals surface area contributed by atoms with Crippen molar-refractivity contribution in [3.05, 3.63) is 52.0 Å². The van der Waals surface area contributed by atoms with Crippen LogP contribution in [0, 0.1) is 0 Å². The molecule has 4 rings (SSSR count). The van der Waals surface area contributed by atoms with E-state index in [1.165, 1.54) is 0 Å². The highest BCUT2D eigenvalue weighted by Crippen LogP contribution is 2.27. The van der Waals surface area contributed by atoms with Gasteiger partial charge in [-0.15, -0.1) is 0 Å². The molecule has 2 aliphatic heterocycles. The van der Waals surface area contributed by atoms with Gasteiger partial charge in [-0.05, 0) is 23.6 Å². The second-order valence-electron chi connectivity index (χ2n) is 7.61. The van der Waals surface area contributed by atoms with Crippen LogP contribution in [0.1, 0.15) is 31.7 Å². The lowest BCUT2D eigenvalue weighted by molar-refractivity contribution is -0.128. The number of carbonyl (C=O) groups is 1. The van der Waals surface area contributed by atoms with E-state index in [9.17, 15) is 9.59 Å². The van der Waals surface area contributed by atoms with Gasteiger partial charge >= 0.3 is 0 Å². The molecule has 29 heavy (non-hydrogen) atoms. The van der Waals surface area contributed by atoms with Gasteiger partial charge in [-0.3, -0.25) is 14.6 Å². The number of ether oxygens (including phenoxy) is 1. The number of hydrogen-bond donors (Lipinski definition) is 2. The first-order chi connectivity index (χ1) is 14.0. The van der Waals surface area contributed by atoms with Crippen molar-refractivity contribution in [2.24, 2.45) is 10.7 Å². The van der Waals surface area contributed by atoms with Gasteiger partial charge < -0.3 is 20.4 Å². The van der Waals surface area contributed by atoms with E-state index in [-0.39, 0.29) is 17.5 Å². The molecule has 0 radical (unpaired) electrons. The molecule has 1 aromatic carbocycles. The largest absolute Gasteiger partial charge is 0.398 e. The van der Waals surface area contributed by atoms with Crippen molar-refractivity contribution in [3.8, 4) is 0 Å². The zero-order valence-corrected chi connectivity index (χ0v) is 16.6. The number of aromatic nitrogens is 1. The molecule has 0 saturated carbocycles. The normalized spacial score (nSPS) is 21.6. The highest BCUT2D eigenvalue weighted by molar-refractivity contribution is 6.09. The Hall–Kier alpha value is -2.93. The third kappa shape index (κ3) is 4.10. The van der Waals surface area contributed by atoms with E-state index in [2.05, 4.69) is 4.98 Å². The monoisotopic (exact) mass is 394 g/mol. The average Bonchev–Trinajstić information content (AvgIpc) is 2.73. The standard InChI is InChI=1S/C22H26N4O3/c1-14(27)26-8-5-20(25-16-6-9-29-10-7-16)19(13-26)22(23)17-4-2-3-15-12-24-21(28)11-18(15)17/h2-4,11-12,16H,5-10,13,23H2,1H3,(H,24,28). The summed E-state index contributed by atoms with van der Waals surface area (Å²) < 4.78 is 5.45. The Labute approximate surface area is 169 Å². The second-order valence-corrected chi connectivity index (χ2v) is 7.61. The van der Waals surface area contributed by atoms with Gasteiger partial charge in [0, 0.05) is 74.5 Å². The molecular formula is C22H26N4O3. The number of piperidine rings is 1. The molecule has 3 heterocycles. The van der Waals surface area contributed by atoms with Gasteiger partial charge in [0.25, 0.3) is 0 Å². The number of H-pyrrole nitrogens is 1. The van der Waals surface area contributed by atoms with Crippen LogP contribution in [-0.4, -0.2) is 53.8 Å². The van der Waals surface area contributed by atoms with Crippen LogP contribution >= 0.6 is 0 Å². The van der Waals surface area contributed by atoms with E-state index in [1.54, 1.807) is 24.1 Å². The number of aromatic amines is 1. The number of likely N-dealkylation sites (tertiary alicyclic amines) is 1. The lowest BCUT2D eigenvalue weighted by atomic mass is 9.94. The number of benzene rings is 1. The third-order valence-corrected chi connectivity index (χ3v) is 5.69. The third-order valence-electron chi connectivity index (χ3n) is 5.69. The summed E-state index contributed by atoms with van der Waals surface area (Å²) in [7, 11) is 0. The summed E-state index contributed by atoms with van der Waals surface area (Å²) in [5.74, 6) is 0.0229. The Bertz CT molecular complexity index is 1050. The Balaban J connectivity index is 1.82. The summed E-state index contributed by atoms with van der Waals surface area (Å²) in [5, 5.41) is 1.71. The highest BCUT2D eigenvalue weighted by Gasteiger charge is 2.26. The first-order valence-corrected chi connectivity index (χ1v) is 10.0. The second kappa shape index (κ2) is 8.21. The molecule has 0 unspecified atom stereocenters. The van der Waals surface area contributed by atoms with Gasteiger partial charge in [0.2, 0.25) is 11.5 Å². The summed E-state index contributed by atoms with van der Waals surface area (Å²) in [4.78, 5) is 33.4. The molecule has 2 fully saturated rings. The number of pyridine rings is 1. The molecule has 0 bridgehead atoms. The van der Waals surface area contributed by atoms with E-state index < -0.39 is 0 Å². The van der Waals surface area contributed by atoms with Crippen LogP contribution in [0.2, 0.25) is 0 Å². The molecule has 3 N–H and O–H groups in total. The molecule has 1 aromatic heterocycles. The lowest BCUT2D eigenvalue weighted by Gasteiger charge is -2.31. The predicted octanol–water partition coefficient (Wildman–Crippen LogP) is 2.07. The number of carbonyl (C=O) groups excluding carboxylic acids is 1. The van der Waals surface area contributed by atoms with Gasteiger partial charge in [-0.25, -0.2) is 0 Å². The number of rotatable bonds is 2. The first kappa shape index (κ1) is 19.4. The number of amides is 1. The fourth-order valence-corrected chi connectivity index (χ4v) is 4.03. The summed E-state index contributed by atoms with van der Waals surface area (Å²) >= 11 is 0.